The highest BCUT2D eigenvalue weighted by Crippen LogP contribution is 2.37. The van der Waals surface area contributed by atoms with E-state index in [0.29, 0.717) is 24.7 Å². The first kappa shape index (κ1) is 12.8. The zero-order chi connectivity index (χ0) is 13.0. The summed E-state index contributed by atoms with van der Waals surface area (Å²) in [6, 6.07) is 3.99. The minimum Gasteiger partial charge on any atom is -0.486 e. The Bertz CT molecular complexity index is 409. The van der Waals surface area contributed by atoms with Gasteiger partial charge >= 0.3 is 0 Å². The lowest BCUT2D eigenvalue weighted by Gasteiger charge is -2.22. The van der Waals surface area contributed by atoms with Crippen LogP contribution in [0.3, 0.4) is 0 Å². The van der Waals surface area contributed by atoms with Crippen molar-refractivity contribution in [2.75, 3.05) is 38.0 Å². The second kappa shape index (κ2) is 5.82. The summed E-state index contributed by atoms with van der Waals surface area (Å²) in [6.45, 7) is 3.97. The zero-order valence-electron chi connectivity index (χ0n) is 10.9. The molecule has 0 bridgehead atoms. The largest absolute Gasteiger partial charge is 0.486 e. The Hall–Kier alpha value is -1.62. The van der Waals surface area contributed by atoms with Gasteiger partial charge in [0.25, 0.3) is 0 Å². The fraction of sp³-hybridized carbons (Fsp3) is 0.538. The van der Waals surface area contributed by atoms with Crippen LogP contribution in [0, 0.1) is 0 Å². The normalized spacial score (nSPS) is 15.2. The summed E-state index contributed by atoms with van der Waals surface area (Å²) in [4.78, 5) is 0. The van der Waals surface area contributed by atoms with Crippen LogP contribution in [-0.4, -0.2) is 33.0 Å². The van der Waals surface area contributed by atoms with E-state index in [1.807, 2.05) is 6.07 Å². The molecule has 18 heavy (non-hydrogen) atoms. The molecule has 5 heteroatoms. The molecule has 3 N–H and O–H groups in total. The number of ether oxygens (including phenoxy) is 3. The molecule has 0 radical (unpaired) electrons. The van der Waals surface area contributed by atoms with Crippen LogP contribution < -0.4 is 20.5 Å². The highest BCUT2D eigenvalue weighted by molar-refractivity contribution is 5.72. The molecule has 1 aromatic rings. The van der Waals surface area contributed by atoms with E-state index in [2.05, 4.69) is 12.2 Å². The fourth-order valence-electron chi connectivity index (χ4n) is 1.86. The van der Waals surface area contributed by atoms with Gasteiger partial charge in [-0.2, -0.15) is 0 Å². The minimum atomic E-state index is 0.287. The first-order valence-electron chi connectivity index (χ1n) is 6.15. The van der Waals surface area contributed by atoms with Crippen molar-refractivity contribution in [1.29, 1.82) is 0 Å². The second-order valence-corrected chi connectivity index (χ2v) is 4.41. The molecule has 1 heterocycles. The van der Waals surface area contributed by atoms with Crippen molar-refractivity contribution in [3.05, 3.63) is 12.1 Å². The predicted molar refractivity (Wildman–Crippen MR) is 71.4 cm³/mol. The minimum absolute atomic E-state index is 0.287. The third kappa shape index (κ3) is 2.98. The molecule has 2 rings (SSSR count). The number of hydrogen-bond acceptors (Lipinski definition) is 5. The Morgan fingerprint density at radius 3 is 2.67 bits per heavy atom. The third-order valence-electron chi connectivity index (χ3n) is 2.87. The maximum Gasteiger partial charge on any atom is 0.163 e. The molecule has 5 nitrogen and oxygen atoms in total. The SMILES string of the molecule is COCCC(C)Nc1cc2c(cc1N)OCCO2. The van der Waals surface area contributed by atoms with Gasteiger partial charge in [-0.25, -0.2) is 0 Å². The van der Waals surface area contributed by atoms with Gasteiger partial charge in [-0.05, 0) is 13.3 Å². The van der Waals surface area contributed by atoms with Crippen LogP contribution in [0.4, 0.5) is 11.4 Å². The molecule has 0 amide bonds. The molecule has 1 aromatic carbocycles. The number of methoxy groups -OCH3 is 1. The molecule has 1 atom stereocenters. The fourth-order valence-corrected chi connectivity index (χ4v) is 1.86. The average molecular weight is 252 g/mol. The molecule has 0 fully saturated rings. The standard InChI is InChI=1S/C13H20N2O3/c1-9(3-4-16-2)15-11-8-13-12(7-10(11)14)17-5-6-18-13/h7-9,15H,3-6,14H2,1-2H3. The van der Waals surface area contributed by atoms with E-state index in [1.165, 1.54) is 0 Å². The van der Waals surface area contributed by atoms with E-state index in [4.69, 9.17) is 19.9 Å². The van der Waals surface area contributed by atoms with Crippen LogP contribution in [0.1, 0.15) is 13.3 Å². The zero-order valence-corrected chi connectivity index (χ0v) is 10.9. The number of hydrogen-bond donors (Lipinski definition) is 2. The molecule has 100 valence electrons. The highest BCUT2D eigenvalue weighted by Gasteiger charge is 2.15. The summed E-state index contributed by atoms with van der Waals surface area (Å²) in [5.74, 6) is 1.46. The number of fused-ring (bicyclic) bond motifs is 1. The van der Waals surface area contributed by atoms with E-state index < -0.39 is 0 Å². The van der Waals surface area contributed by atoms with Crippen molar-refractivity contribution in [1.82, 2.24) is 0 Å². The number of anilines is 2. The van der Waals surface area contributed by atoms with Crippen LogP contribution in [0.5, 0.6) is 11.5 Å². The number of rotatable bonds is 5. The Labute approximate surface area is 107 Å². The molecule has 0 aliphatic carbocycles. The predicted octanol–water partition coefficient (Wildman–Crippen LogP) is 1.88. The number of nitrogens with two attached hydrogens (primary N) is 1. The lowest BCUT2D eigenvalue weighted by molar-refractivity contribution is 0.172. The maximum atomic E-state index is 5.99. The number of nitrogens with one attached hydrogen (secondary N) is 1. The van der Waals surface area contributed by atoms with Crippen molar-refractivity contribution in [3.63, 3.8) is 0 Å². The second-order valence-electron chi connectivity index (χ2n) is 4.41. The summed E-state index contributed by atoms with van der Waals surface area (Å²) in [6.07, 6.45) is 0.921. The van der Waals surface area contributed by atoms with Gasteiger partial charge < -0.3 is 25.3 Å². The monoisotopic (exact) mass is 252 g/mol. The lowest BCUT2D eigenvalue weighted by Crippen LogP contribution is -2.19. The van der Waals surface area contributed by atoms with E-state index in [1.54, 1.807) is 13.2 Å². The van der Waals surface area contributed by atoms with Crippen LogP contribution in [0.2, 0.25) is 0 Å². The van der Waals surface area contributed by atoms with E-state index >= 15 is 0 Å². The van der Waals surface area contributed by atoms with Gasteiger partial charge in [-0.15, -0.1) is 0 Å². The molecule has 1 aliphatic rings. The number of benzene rings is 1. The van der Waals surface area contributed by atoms with Gasteiger partial charge in [-0.1, -0.05) is 0 Å². The molecule has 1 unspecified atom stereocenters. The summed E-state index contributed by atoms with van der Waals surface area (Å²) in [5.41, 5.74) is 7.54. The maximum absolute atomic E-state index is 5.99. The molecule has 0 aromatic heterocycles. The molecule has 0 saturated heterocycles. The summed E-state index contributed by atoms with van der Waals surface area (Å²) < 4.78 is 16.1. The quantitative estimate of drug-likeness (QED) is 0.783. The van der Waals surface area contributed by atoms with Crippen molar-refractivity contribution in [2.45, 2.75) is 19.4 Å². The Morgan fingerprint density at radius 2 is 2.00 bits per heavy atom. The highest BCUT2D eigenvalue weighted by atomic mass is 16.6. The number of nitrogen functional groups attached to an aromatic ring is 1. The van der Waals surface area contributed by atoms with Gasteiger partial charge in [-0.3, -0.25) is 0 Å². The Morgan fingerprint density at radius 1 is 1.33 bits per heavy atom. The lowest BCUT2D eigenvalue weighted by atomic mass is 10.2. The molecule has 0 spiro atoms. The average Bonchev–Trinajstić information content (AvgIpc) is 2.37. The first-order chi connectivity index (χ1) is 8.70. The molecular weight excluding hydrogens is 232 g/mol. The van der Waals surface area contributed by atoms with E-state index in [9.17, 15) is 0 Å². The van der Waals surface area contributed by atoms with Gasteiger partial charge in [0, 0.05) is 31.9 Å². The summed E-state index contributed by atoms with van der Waals surface area (Å²) >= 11 is 0. The van der Waals surface area contributed by atoms with Gasteiger partial charge in [0.05, 0.1) is 11.4 Å². The van der Waals surface area contributed by atoms with Gasteiger partial charge in [0.2, 0.25) is 0 Å². The summed E-state index contributed by atoms with van der Waals surface area (Å²) in [5, 5.41) is 3.35. The van der Waals surface area contributed by atoms with Crippen molar-refractivity contribution in [3.8, 4) is 11.5 Å². The van der Waals surface area contributed by atoms with E-state index in [-0.39, 0.29) is 6.04 Å². The first-order valence-corrected chi connectivity index (χ1v) is 6.15. The smallest absolute Gasteiger partial charge is 0.163 e. The molecule has 0 saturated carbocycles. The van der Waals surface area contributed by atoms with Crippen molar-refractivity contribution < 1.29 is 14.2 Å². The Balaban J connectivity index is 2.08. The van der Waals surface area contributed by atoms with Crippen molar-refractivity contribution >= 4 is 11.4 Å². The van der Waals surface area contributed by atoms with Crippen LogP contribution in [0.15, 0.2) is 12.1 Å². The van der Waals surface area contributed by atoms with Crippen molar-refractivity contribution in [2.24, 2.45) is 0 Å². The van der Waals surface area contributed by atoms with Gasteiger partial charge in [0.1, 0.15) is 13.2 Å². The molecular formula is C13H20N2O3. The van der Waals surface area contributed by atoms with Gasteiger partial charge in [0.15, 0.2) is 11.5 Å². The van der Waals surface area contributed by atoms with Crippen LogP contribution in [-0.2, 0) is 4.74 Å². The topological polar surface area (TPSA) is 65.7 Å². The van der Waals surface area contributed by atoms with E-state index in [0.717, 1.165) is 24.5 Å². The Kier molecular flexibility index (Phi) is 4.15. The summed E-state index contributed by atoms with van der Waals surface area (Å²) in [7, 11) is 1.70. The molecule has 1 aliphatic heterocycles. The third-order valence-corrected chi connectivity index (χ3v) is 2.87. The van der Waals surface area contributed by atoms with Crippen LogP contribution in [0.25, 0.3) is 0 Å². The van der Waals surface area contributed by atoms with Crippen LogP contribution >= 0.6 is 0 Å².